The molecule has 108 valence electrons. The molecule has 2 aromatic carbocycles. The van der Waals surface area contributed by atoms with Crippen molar-refractivity contribution in [1.82, 2.24) is 0 Å². The van der Waals surface area contributed by atoms with Crippen LogP contribution in [-0.4, -0.2) is 11.5 Å². The molecule has 1 atom stereocenters. The largest absolute Gasteiger partial charge is 0.368 e. The average Bonchev–Trinajstić information content (AvgIpc) is 3.33. The minimum absolute atomic E-state index is 0.100. The molecule has 4 heteroatoms. The van der Waals surface area contributed by atoms with Crippen LogP contribution in [0.2, 0.25) is 0 Å². The standard InChI is InChI=1S/C17H17NO3/c19-18(20)16-8-4-7-15(11-16)17(21-12-13-9-10-13)14-5-2-1-3-6-14/h1-8,11,13,17H,9-10,12H2. The zero-order valence-corrected chi connectivity index (χ0v) is 11.6. The Hall–Kier alpha value is -2.20. The van der Waals surface area contributed by atoms with Crippen molar-refractivity contribution < 1.29 is 9.66 Å². The van der Waals surface area contributed by atoms with E-state index in [1.54, 1.807) is 12.1 Å². The SMILES string of the molecule is O=[N+]([O-])c1cccc(C(OCC2CC2)c2ccccc2)c1. The van der Waals surface area contributed by atoms with E-state index >= 15 is 0 Å². The number of nitro benzene ring substituents is 1. The quantitative estimate of drug-likeness (QED) is 0.592. The highest BCUT2D eigenvalue weighted by molar-refractivity contribution is 5.39. The fraction of sp³-hybridized carbons (Fsp3) is 0.294. The number of ether oxygens (including phenoxy) is 1. The molecule has 4 nitrogen and oxygen atoms in total. The van der Waals surface area contributed by atoms with Crippen LogP contribution in [0.5, 0.6) is 0 Å². The van der Waals surface area contributed by atoms with Crippen molar-refractivity contribution in [3.8, 4) is 0 Å². The van der Waals surface area contributed by atoms with Gasteiger partial charge in [-0.3, -0.25) is 10.1 Å². The van der Waals surface area contributed by atoms with Gasteiger partial charge < -0.3 is 4.74 Å². The van der Waals surface area contributed by atoms with Crippen LogP contribution < -0.4 is 0 Å². The number of benzene rings is 2. The van der Waals surface area contributed by atoms with E-state index in [9.17, 15) is 10.1 Å². The molecular weight excluding hydrogens is 266 g/mol. The monoisotopic (exact) mass is 283 g/mol. The Bertz CT molecular complexity index is 623. The van der Waals surface area contributed by atoms with Gasteiger partial charge in [0.2, 0.25) is 0 Å². The predicted octanol–water partition coefficient (Wildman–Crippen LogP) is 4.11. The molecule has 0 N–H and O–H groups in total. The first-order valence-electron chi connectivity index (χ1n) is 7.15. The summed E-state index contributed by atoms with van der Waals surface area (Å²) in [4.78, 5) is 10.6. The van der Waals surface area contributed by atoms with Gasteiger partial charge in [0.25, 0.3) is 5.69 Å². The zero-order valence-electron chi connectivity index (χ0n) is 11.6. The Kier molecular flexibility index (Phi) is 3.97. The number of non-ortho nitro benzene ring substituents is 1. The van der Waals surface area contributed by atoms with Crippen LogP contribution in [0.4, 0.5) is 5.69 Å². The Labute approximate surface area is 123 Å². The predicted molar refractivity (Wildman–Crippen MR) is 80.1 cm³/mol. The van der Waals surface area contributed by atoms with Gasteiger partial charge in [-0.1, -0.05) is 42.5 Å². The van der Waals surface area contributed by atoms with E-state index in [1.165, 1.54) is 18.9 Å². The second kappa shape index (κ2) is 6.06. The summed E-state index contributed by atoms with van der Waals surface area (Å²) in [5.74, 6) is 0.648. The molecule has 0 amide bonds. The van der Waals surface area contributed by atoms with Gasteiger partial charge in [-0.05, 0) is 29.9 Å². The molecule has 0 aromatic heterocycles. The Balaban J connectivity index is 1.89. The highest BCUT2D eigenvalue weighted by atomic mass is 16.6. The molecule has 0 spiro atoms. The zero-order chi connectivity index (χ0) is 14.7. The molecule has 0 aliphatic heterocycles. The lowest BCUT2D eigenvalue weighted by molar-refractivity contribution is -0.385. The molecule has 1 fully saturated rings. The summed E-state index contributed by atoms with van der Waals surface area (Å²) in [5.41, 5.74) is 1.96. The van der Waals surface area contributed by atoms with Crippen LogP contribution in [0.15, 0.2) is 54.6 Å². The minimum Gasteiger partial charge on any atom is -0.368 e. The van der Waals surface area contributed by atoms with Crippen LogP contribution >= 0.6 is 0 Å². The fourth-order valence-corrected chi connectivity index (χ4v) is 2.33. The third-order valence-corrected chi connectivity index (χ3v) is 3.68. The van der Waals surface area contributed by atoms with Crippen molar-refractivity contribution >= 4 is 5.69 Å². The highest BCUT2D eigenvalue weighted by Gasteiger charge is 2.25. The van der Waals surface area contributed by atoms with Crippen LogP contribution in [0.1, 0.15) is 30.1 Å². The van der Waals surface area contributed by atoms with Crippen molar-refractivity contribution in [1.29, 1.82) is 0 Å². The molecular formula is C17H17NO3. The number of nitro groups is 1. The molecule has 0 bridgehead atoms. The van der Waals surface area contributed by atoms with Gasteiger partial charge in [0.15, 0.2) is 0 Å². The Morgan fingerprint density at radius 3 is 2.48 bits per heavy atom. The van der Waals surface area contributed by atoms with Crippen LogP contribution in [0.25, 0.3) is 0 Å². The summed E-state index contributed by atoms with van der Waals surface area (Å²) in [7, 11) is 0. The number of hydrogen-bond acceptors (Lipinski definition) is 3. The number of hydrogen-bond donors (Lipinski definition) is 0. The lowest BCUT2D eigenvalue weighted by Gasteiger charge is -2.18. The minimum atomic E-state index is -0.369. The van der Waals surface area contributed by atoms with Gasteiger partial charge in [0.1, 0.15) is 6.10 Å². The van der Waals surface area contributed by atoms with Crippen molar-refractivity contribution in [3.05, 3.63) is 75.8 Å². The normalized spacial score (nSPS) is 15.6. The van der Waals surface area contributed by atoms with Crippen LogP contribution in [-0.2, 0) is 4.74 Å². The number of nitrogens with zero attached hydrogens (tertiary/aromatic N) is 1. The van der Waals surface area contributed by atoms with Crippen molar-refractivity contribution in [2.45, 2.75) is 18.9 Å². The third-order valence-electron chi connectivity index (χ3n) is 3.68. The molecule has 1 aliphatic carbocycles. The van der Waals surface area contributed by atoms with Crippen molar-refractivity contribution in [2.75, 3.05) is 6.61 Å². The summed E-state index contributed by atoms with van der Waals surface area (Å²) in [5, 5.41) is 11.0. The topological polar surface area (TPSA) is 52.4 Å². The van der Waals surface area contributed by atoms with E-state index in [1.807, 2.05) is 36.4 Å². The van der Waals surface area contributed by atoms with E-state index < -0.39 is 0 Å². The highest BCUT2D eigenvalue weighted by Crippen LogP contribution is 2.34. The van der Waals surface area contributed by atoms with Gasteiger partial charge in [0.05, 0.1) is 11.5 Å². The summed E-state index contributed by atoms with van der Waals surface area (Å²) in [6, 6.07) is 16.6. The molecule has 0 saturated heterocycles. The summed E-state index contributed by atoms with van der Waals surface area (Å²) in [6.45, 7) is 0.711. The van der Waals surface area contributed by atoms with E-state index in [0.29, 0.717) is 12.5 Å². The van der Waals surface area contributed by atoms with E-state index in [-0.39, 0.29) is 16.7 Å². The van der Waals surface area contributed by atoms with Crippen LogP contribution in [0.3, 0.4) is 0 Å². The summed E-state index contributed by atoms with van der Waals surface area (Å²) >= 11 is 0. The molecule has 1 aliphatic rings. The van der Waals surface area contributed by atoms with Gasteiger partial charge in [-0.2, -0.15) is 0 Å². The van der Waals surface area contributed by atoms with Crippen molar-refractivity contribution in [2.24, 2.45) is 5.92 Å². The molecule has 0 radical (unpaired) electrons. The van der Waals surface area contributed by atoms with E-state index in [0.717, 1.165) is 11.1 Å². The lowest BCUT2D eigenvalue weighted by Crippen LogP contribution is -2.08. The first-order valence-corrected chi connectivity index (χ1v) is 7.15. The maximum absolute atomic E-state index is 11.0. The molecule has 1 saturated carbocycles. The second-order valence-electron chi connectivity index (χ2n) is 5.42. The summed E-state index contributed by atoms with van der Waals surface area (Å²) in [6.07, 6.45) is 2.19. The molecule has 21 heavy (non-hydrogen) atoms. The van der Waals surface area contributed by atoms with Gasteiger partial charge in [-0.15, -0.1) is 0 Å². The first-order chi connectivity index (χ1) is 10.2. The average molecular weight is 283 g/mol. The second-order valence-corrected chi connectivity index (χ2v) is 5.42. The van der Waals surface area contributed by atoms with Crippen LogP contribution in [0, 0.1) is 16.0 Å². The summed E-state index contributed by atoms with van der Waals surface area (Å²) < 4.78 is 6.05. The van der Waals surface area contributed by atoms with Crippen molar-refractivity contribution in [3.63, 3.8) is 0 Å². The van der Waals surface area contributed by atoms with Gasteiger partial charge in [-0.25, -0.2) is 0 Å². The molecule has 2 aromatic rings. The molecule has 0 heterocycles. The number of rotatable bonds is 6. The maximum atomic E-state index is 11.0. The molecule has 3 rings (SSSR count). The first kappa shape index (κ1) is 13.8. The van der Waals surface area contributed by atoms with E-state index in [2.05, 4.69) is 0 Å². The lowest BCUT2D eigenvalue weighted by atomic mass is 10.0. The third kappa shape index (κ3) is 3.47. The smallest absolute Gasteiger partial charge is 0.269 e. The Morgan fingerprint density at radius 1 is 1.10 bits per heavy atom. The molecule has 1 unspecified atom stereocenters. The van der Waals surface area contributed by atoms with Gasteiger partial charge in [0, 0.05) is 12.1 Å². The fourth-order valence-electron chi connectivity index (χ4n) is 2.33. The van der Waals surface area contributed by atoms with Gasteiger partial charge >= 0.3 is 0 Å². The Morgan fingerprint density at radius 2 is 1.81 bits per heavy atom. The van der Waals surface area contributed by atoms with E-state index in [4.69, 9.17) is 4.74 Å². The maximum Gasteiger partial charge on any atom is 0.269 e.